The predicted octanol–water partition coefficient (Wildman–Crippen LogP) is 2.12. The molecule has 1 amide bonds. The number of ether oxygens (including phenoxy) is 1. The van der Waals surface area contributed by atoms with Crippen molar-refractivity contribution >= 4 is 5.91 Å². The second-order valence-corrected chi connectivity index (χ2v) is 5.97. The zero-order chi connectivity index (χ0) is 16.8. The molecule has 0 saturated carbocycles. The summed E-state index contributed by atoms with van der Waals surface area (Å²) >= 11 is 0. The predicted molar refractivity (Wildman–Crippen MR) is 94.0 cm³/mol. The van der Waals surface area contributed by atoms with Crippen LogP contribution in [-0.4, -0.2) is 55.2 Å². The first kappa shape index (κ1) is 16.6. The molecular formula is C19H23N3O2. The smallest absolute Gasteiger partial charge is 0.251 e. The van der Waals surface area contributed by atoms with Gasteiger partial charge in [0.1, 0.15) is 0 Å². The molecule has 5 nitrogen and oxygen atoms in total. The Bertz CT molecular complexity index is 679. The minimum Gasteiger partial charge on any atom is -0.379 e. The monoisotopic (exact) mass is 325 g/mol. The fourth-order valence-corrected chi connectivity index (χ4v) is 2.79. The molecule has 0 atom stereocenters. The first-order chi connectivity index (χ1) is 11.7. The Balaban J connectivity index is 1.53. The zero-order valence-electron chi connectivity index (χ0n) is 14.0. The van der Waals surface area contributed by atoms with Crippen LogP contribution in [0, 0.1) is 6.92 Å². The lowest BCUT2D eigenvalue weighted by molar-refractivity contribution is 0.0383. The van der Waals surface area contributed by atoms with E-state index in [-0.39, 0.29) is 5.91 Å². The fourth-order valence-electron chi connectivity index (χ4n) is 2.79. The van der Waals surface area contributed by atoms with E-state index in [1.165, 1.54) is 0 Å². The van der Waals surface area contributed by atoms with Crippen molar-refractivity contribution in [2.24, 2.45) is 0 Å². The number of hydrogen-bond acceptors (Lipinski definition) is 4. The van der Waals surface area contributed by atoms with Crippen LogP contribution in [0.2, 0.25) is 0 Å². The molecule has 2 aromatic rings. The van der Waals surface area contributed by atoms with Crippen molar-refractivity contribution in [1.29, 1.82) is 0 Å². The first-order valence-corrected chi connectivity index (χ1v) is 8.34. The maximum Gasteiger partial charge on any atom is 0.251 e. The van der Waals surface area contributed by atoms with E-state index in [0.29, 0.717) is 12.1 Å². The first-order valence-electron chi connectivity index (χ1n) is 8.34. The highest BCUT2D eigenvalue weighted by Crippen LogP contribution is 2.19. The number of nitrogens with one attached hydrogen (secondary N) is 1. The molecule has 1 aliphatic rings. The van der Waals surface area contributed by atoms with Gasteiger partial charge in [0, 0.05) is 43.6 Å². The lowest BCUT2D eigenvalue weighted by Crippen LogP contribution is -2.41. The van der Waals surface area contributed by atoms with Gasteiger partial charge < -0.3 is 10.1 Å². The SMILES string of the molecule is Cc1cc(-c2ccc(C(=O)NCCN3CCOCC3)cc2)ccn1. The van der Waals surface area contributed by atoms with E-state index >= 15 is 0 Å². The summed E-state index contributed by atoms with van der Waals surface area (Å²) in [5.74, 6) is -0.0271. The summed E-state index contributed by atoms with van der Waals surface area (Å²) in [6.07, 6.45) is 1.80. The van der Waals surface area contributed by atoms with Crippen LogP contribution in [0.3, 0.4) is 0 Å². The molecule has 2 heterocycles. The van der Waals surface area contributed by atoms with E-state index < -0.39 is 0 Å². The summed E-state index contributed by atoms with van der Waals surface area (Å²) in [5, 5.41) is 2.98. The minimum atomic E-state index is -0.0271. The number of hydrogen-bond donors (Lipinski definition) is 1. The van der Waals surface area contributed by atoms with Crippen LogP contribution in [0.15, 0.2) is 42.6 Å². The van der Waals surface area contributed by atoms with Gasteiger partial charge in [-0.3, -0.25) is 14.7 Å². The number of nitrogens with zero attached hydrogens (tertiary/aromatic N) is 2. The number of amides is 1. The van der Waals surface area contributed by atoms with Crippen molar-refractivity contribution in [2.45, 2.75) is 6.92 Å². The summed E-state index contributed by atoms with van der Waals surface area (Å²) in [6.45, 7) is 6.94. The number of carbonyl (C=O) groups is 1. The summed E-state index contributed by atoms with van der Waals surface area (Å²) in [4.78, 5) is 18.7. The third-order valence-corrected chi connectivity index (χ3v) is 4.19. The van der Waals surface area contributed by atoms with Crippen LogP contribution >= 0.6 is 0 Å². The van der Waals surface area contributed by atoms with E-state index in [0.717, 1.165) is 49.7 Å². The lowest BCUT2D eigenvalue weighted by atomic mass is 10.0. The van der Waals surface area contributed by atoms with E-state index in [9.17, 15) is 4.79 Å². The van der Waals surface area contributed by atoms with Gasteiger partial charge in [-0.25, -0.2) is 0 Å². The van der Waals surface area contributed by atoms with Crippen molar-refractivity contribution in [3.05, 3.63) is 53.9 Å². The largest absolute Gasteiger partial charge is 0.379 e. The molecule has 1 aliphatic heterocycles. The van der Waals surface area contributed by atoms with Crippen molar-refractivity contribution in [3.63, 3.8) is 0 Å². The topological polar surface area (TPSA) is 54.5 Å². The molecule has 0 bridgehead atoms. The zero-order valence-corrected chi connectivity index (χ0v) is 14.0. The summed E-state index contributed by atoms with van der Waals surface area (Å²) in [6, 6.07) is 11.7. The van der Waals surface area contributed by atoms with Crippen LogP contribution < -0.4 is 5.32 Å². The maximum absolute atomic E-state index is 12.2. The van der Waals surface area contributed by atoms with Gasteiger partial charge in [-0.1, -0.05) is 12.1 Å². The molecule has 0 aliphatic carbocycles. The molecular weight excluding hydrogens is 302 g/mol. The van der Waals surface area contributed by atoms with Crippen LogP contribution in [0.1, 0.15) is 16.1 Å². The van der Waals surface area contributed by atoms with Crippen LogP contribution in [0.25, 0.3) is 11.1 Å². The number of aromatic nitrogens is 1. The molecule has 126 valence electrons. The number of benzene rings is 1. The van der Waals surface area contributed by atoms with Gasteiger partial charge >= 0.3 is 0 Å². The summed E-state index contributed by atoms with van der Waals surface area (Å²) in [7, 11) is 0. The fraction of sp³-hybridized carbons (Fsp3) is 0.368. The number of rotatable bonds is 5. The van der Waals surface area contributed by atoms with Gasteiger partial charge in [0.2, 0.25) is 0 Å². The van der Waals surface area contributed by atoms with E-state index in [1.54, 1.807) is 6.20 Å². The van der Waals surface area contributed by atoms with Crippen LogP contribution in [0.4, 0.5) is 0 Å². The molecule has 0 spiro atoms. The average molecular weight is 325 g/mol. The standard InChI is InChI=1S/C19H23N3O2/c1-15-14-18(6-7-20-15)16-2-4-17(5-3-16)19(23)21-8-9-22-10-12-24-13-11-22/h2-7,14H,8-13H2,1H3,(H,21,23). The number of pyridine rings is 1. The molecule has 0 radical (unpaired) electrons. The van der Waals surface area contributed by atoms with Crippen LogP contribution in [0.5, 0.6) is 0 Å². The second kappa shape index (κ2) is 8.04. The lowest BCUT2D eigenvalue weighted by Gasteiger charge is -2.26. The average Bonchev–Trinajstić information content (AvgIpc) is 2.63. The van der Waals surface area contributed by atoms with Gasteiger partial charge in [-0.15, -0.1) is 0 Å². The molecule has 0 unspecified atom stereocenters. The minimum absolute atomic E-state index is 0.0271. The molecule has 1 fully saturated rings. The van der Waals surface area contributed by atoms with E-state index in [2.05, 4.69) is 15.2 Å². The molecule has 1 saturated heterocycles. The number of carbonyl (C=O) groups excluding carboxylic acids is 1. The highest BCUT2D eigenvalue weighted by atomic mass is 16.5. The Kier molecular flexibility index (Phi) is 5.56. The quantitative estimate of drug-likeness (QED) is 0.915. The highest BCUT2D eigenvalue weighted by Gasteiger charge is 2.11. The Morgan fingerprint density at radius 2 is 1.92 bits per heavy atom. The maximum atomic E-state index is 12.2. The molecule has 1 N–H and O–H groups in total. The molecule has 1 aromatic heterocycles. The van der Waals surface area contributed by atoms with Crippen molar-refractivity contribution in [2.75, 3.05) is 39.4 Å². The number of aryl methyl sites for hydroxylation is 1. The Morgan fingerprint density at radius 1 is 1.17 bits per heavy atom. The van der Waals surface area contributed by atoms with Gasteiger partial charge in [0.05, 0.1) is 13.2 Å². The number of morpholine rings is 1. The van der Waals surface area contributed by atoms with E-state index in [1.807, 2.05) is 43.3 Å². The van der Waals surface area contributed by atoms with E-state index in [4.69, 9.17) is 4.74 Å². The van der Waals surface area contributed by atoms with Crippen molar-refractivity contribution in [3.8, 4) is 11.1 Å². The third-order valence-electron chi connectivity index (χ3n) is 4.19. The van der Waals surface area contributed by atoms with Crippen molar-refractivity contribution < 1.29 is 9.53 Å². The van der Waals surface area contributed by atoms with Gasteiger partial charge in [0.15, 0.2) is 0 Å². The Morgan fingerprint density at radius 3 is 2.62 bits per heavy atom. The Labute approximate surface area is 142 Å². The molecule has 1 aromatic carbocycles. The third kappa shape index (κ3) is 4.40. The summed E-state index contributed by atoms with van der Waals surface area (Å²) < 4.78 is 5.32. The summed E-state index contributed by atoms with van der Waals surface area (Å²) in [5.41, 5.74) is 3.87. The van der Waals surface area contributed by atoms with Gasteiger partial charge in [-0.05, 0) is 42.3 Å². The molecule has 3 rings (SSSR count). The normalized spacial score (nSPS) is 15.2. The Hall–Kier alpha value is -2.24. The van der Waals surface area contributed by atoms with Gasteiger partial charge in [0.25, 0.3) is 5.91 Å². The van der Waals surface area contributed by atoms with Crippen molar-refractivity contribution in [1.82, 2.24) is 15.2 Å². The molecule has 5 heteroatoms. The second-order valence-electron chi connectivity index (χ2n) is 5.97. The van der Waals surface area contributed by atoms with Gasteiger partial charge in [-0.2, -0.15) is 0 Å². The van der Waals surface area contributed by atoms with Crippen LogP contribution in [-0.2, 0) is 4.74 Å². The highest BCUT2D eigenvalue weighted by molar-refractivity contribution is 5.94. The molecule has 24 heavy (non-hydrogen) atoms.